The van der Waals surface area contributed by atoms with Gasteiger partial charge in [0.15, 0.2) is 0 Å². The number of aryl methyl sites for hydroxylation is 1. The predicted octanol–water partition coefficient (Wildman–Crippen LogP) is 2.68. The van der Waals surface area contributed by atoms with Crippen LogP contribution in [-0.2, 0) is 17.6 Å². The molecule has 0 fully saturated rings. The molecular weight excluding hydrogens is 322 g/mol. The molecule has 0 spiro atoms. The maximum Gasteiger partial charge on any atom is 0.237 e. The molecule has 1 amide bonds. The molecule has 0 aromatic heterocycles. The molecule has 4 nitrogen and oxygen atoms in total. The molecule has 0 aliphatic rings. The highest BCUT2D eigenvalue weighted by atomic mass is 16.2. The minimum Gasteiger partial charge on any atom is -0.355 e. The summed E-state index contributed by atoms with van der Waals surface area (Å²) in [6, 6.07) is 20.5. The zero-order chi connectivity index (χ0) is 18.5. The lowest BCUT2D eigenvalue weighted by Gasteiger charge is -2.18. The van der Waals surface area contributed by atoms with E-state index in [0.29, 0.717) is 13.1 Å². The highest BCUT2D eigenvalue weighted by Crippen LogP contribution is 2.03. The molecule has 0 aliphatic heterocycles. The Morgan fingerprint density at radius 3 is 2.08 bits per heavy atom. The van der Waals surface area contributed by atoms with Crippen molar-refractivity contribution in [1.29, 1.82) is 0 Å². The van der Waals surface area contributed by atoms with Crippen LogP contribution in [0, 0.1) is 0 Å². The summed E-state index contributed by atoms with van der Waals surface area (Å²) in [6.45, 7) is 2.10. The first-order chi connectivity index (χ1) is 12.8. The summed E-state index contributed by atoms with van der Waals surface area (Å²) in [6.07, 6.45) is 4.47. The number of nitrogens with one attached hydrogen (secondary N) is 2. The standard InChI is InChI=1S/C22H31N3O/c23-16-7-14-21(24-18-15-20-11-5-2-6-12-20)22(26)25-17-8-13-19-9-3-1-4-10-19/h1-6,9-12,21,24H,7-8,13-18,23H2,(H,25,26). The molecule has 4 heteroatoms. The van der Waals surface area contributed by atoms with E-state index in [1.54, 1.807) is 0 Å². The smallest absolute Gasteiger partial charge is 0.237 e. The Labute approximate surface area is 157 Å². The van der Waals surface area contributed by atoms with Gasteiger partial charge in [0.05, 0.1) is 6.04 Å². The molecule has 1 unspecified atom stereocenters. The van der Waals surface area contributed by atoms with E-state index in [0.717, 1.165) is 38.6 Å². The Bertz CT molecular complexity index is 616. The molecular formula is C22H31N3O. The third-order valence-corrected chi connectivity index (χ3v) is 4.44. The average Bonchev–Trinajstić information content (AvgIpc) is 2.69. The normalized spacial score (nSPS) is 11.9. The van der Waals surface area contributed by atoms with Crippen molar-refractivity contribution >= 4 is 5.91 Å². The number of rotatable bonds is 12. The molecule has 140 valence electrons. The van der Waals surface area contributed by atoms with Gasteiger partial charge in [0.25, 0.3) is 0 Å². The van der Waals surface area contributed by atoms with Crippen LogP contribution < -0.4 is 16.4 Å². The fraction of sp³-hybridized carbons (Fsp3) is 0.409. The van der Waals surface area contributed by atoms with E-state index < -0.39 is 0 Å². The van der Waals surface area contributed by atoms with Crippen molar-refractivity contribution in [2.75, 3.05) is 19.6 Å². The fourth-order valence-electron chi connectivity index (χ4n) is 2.96. The number of nitrogens with two attached hydrogens (primary N) is 1. The SMILES string of the molecule is NCCCC(NCCc1ccccc1)C(=O)NCCCc1ccccc1. The summed E-state index contributed by atoms with van der Waals surface area (Å²) >= 11 is 0. The molecule has 0 saturated carbocycles. The van der Waals surface area contributed by atoms with Gasteiger partial charge in [-0.25, -0.2) is 0 Å². The zero-order valence-corrected chi connectivity index (χ0v) is 15.5. The Balaban J connectivity index is 1.70. The first-order valence-electron chi connectivity index (χ1n) is 9.58. The third-order valence-electron chi connectivity index (χ3n) is 4.44. The van der Waals surface area contributed by atoms with E-state index in [1.807, 2.05) is 36.4 Å². The van der Waals surface area contributed by atoms with Crippen LogP contribution in [0.4, 0.5) is 0 Å². The van der Waals surface area contributed by atoms with Gasteiger partial charge in [-0.05, 0) is 56.3 Å². The molecule has 2 rings (SSSR count). The van der Waals surface area contributed by atoms with E-state index in [9.17, 15) is 4.79 Å². The van der Waals surface area contributed by atoms with Gasteiger partial charge in [0.1, 0.15) is 0 Å². The van der Waals surface area contributed by atoms with Crippen LogP contribution in [0.2, 0.25) is 0 Å². The van der Waals surface area contributed by atoms with Crippen molar-refractivity contribution in [2.45, 2.75) is 38.1 Å². The first-order valence-corrected chi connectivity index (χ1v) is 9.58. The van der Waals surface area contributed by atoms with Gasteiger partial charge in [-0.15, -0.1) is 0 Å². The Morgan fingerprint density at radius 1 is 0.846 bits per heavy atom. The van der Waals surface area contributed by atoms with Gasteiger partial charge in [-0.3, -0.25) is 4.79 Å². The van der Waals surface area contributed by atoms with E-state index in [2.05, 4.69) is 34.9 Å². The Kier molecular flexibility index (Phi) is 9.47. The van der Waals surface area contributed by atoms with Crippen LogP contribution >= 0.6 is 0 Å². The van der Waals surface area contributed by atoms with Gasteiger partial charge in [-0.1, -0.05) is 60.7 Å². The van der Waals surface area contributed by atoms with Gasteiger partial charge in [0, 0.05) is 6.54 Å². The van der Waals surface area contributed by atoms with Crippen LogP contribution in [0.5, 0.6) is 0 Å². The molecule has 2 aromatic rings. The number of carbonyl (C=O) groups is 1. The lowest BCUT2D eigenvalue weighted by atomic mass is 10.1. The van der Waals surface area contributed by atoms with Crippen LogP contribution in [0.1, 0.15) is 30.4 Å². The van der Waals surface area contributed by atoms with E-state index in [1.165, 1.54) is 11.1 Å². The van der Waals surface area contributed by atoms with E-state index in [4.69, 9.17) is 5.73 Å². The summed E-state index contributed by atoms with van der Waals surface area (Å²) in [4.78, 5) is 12.5. The van der Waals surface area contributed by atoms with Crippen molar-refractivity contribution in [3.63, 3.8) is 0 Å². The van der Waals surface area contributed by atoms with Crippen LogP contribution in [0.25, 0.3) is 0 Å². The van der Waals surface area contributed by atoms with Crippen molar-refractivity contribution in [2.24, 2.45) is 5.73 Å². The second-order valence-electron chi connectivity index (χ2n) is 6.55. The van der Waals surface area contributed by atoms with Gasteiger partial charge in [-0.2, -0.15) is 0 Å². The van der Waals surface area contributed by atoms with Crippen molar-refractivity contribution < 1.29 is 4.79 Å². The van der Waals surface area contributed by atoms with Crippen LogP contribution in [0.3, 0.4) is 0 Å². The summed E-state index contributed by atoms with van der Waals surface area (Å²) in [7, 11) is 0. The number of amides is 1. The topological polar surface area (TPSA) is 67.1 Å². The second kappa shape index (κ2) is 12.2. The molecule has 26 heavy (non-hydrogen) atoms. The Hall–Kier alpha value is -2.17. The lowest BCUT2D eigenvalue weighted by Crippen LogP contribution is -2.45. The van der Waals surface area contributed by atoms with Gasteiger partial charge in [0.2, 0.25) is 5.91 Å². The van der Waals surface area contributed by atoms with Crippen molar-refractivity contribution in [1.82, 2.24) is 10.6 Å². The maximum atomic E-state index is 12.5. The highest BCUT2D eigenvalue weighted by Gasteiger charge is 2.16. The molecule has 4 N–H and O–H groups in total. The molecule has 0 radical (unpaired) electrons. The van der Waals surface area contributed by atoms with Crippen molar-refractivity contribution in [3.8, 4) is 0 Å². The average molecular weight is 354 g/mol. The summed E-state index contributed by atoms with van der Waals surface area (Å²) in [5, 5.41) is 6.46. The number of carbonyl (C=O) groups excluding carboxylic acids is 1. The summed E-state index contributed by atoms with van der Waals surface area (Å²) < 4.78 is 0. The van der Waals surface area contributed by atoms with E-state index >= 15 is 0 Å². The minimum atomic E-state index is -0.168. The molecule has 0 heterocycles. The molecule has 1 atom stereocenters. The molecule has 0 bridgehead atoms. The van der Waals surface area contributed by atoms with Crippen molar-refractivity contribution in [3.05, 3.63) is 71.8 Å². The second-order valence-corrected chi connectivity index (χ2v) is 6.55. The Morgan fingerprint density at radius 2 is 1.46 bits per heavy atom. The molecule has 2 aromatic carbocycles. The number of hydrogen-bond donors (Lipinski definition) is 3. The highest BCUT2D eigenvalue weighted by molar-refractivity contribution is 5.81. The minimum absolute atomic E-state index is 0.0829. The quantitative estimate of drug-likeness (QED) is 0.514. The number of benzene rings is 2. The van der Waals surface area contributed by atoms with Crippen LogP contribution in [0.15, 0.2) is 60.7 Å². The third kappa shape index (κ3) is 7.81. The molecule has 0 saturated heterocycles. The van der Waals surface area contributed by atoms with Crippen LogP contribution in [-0.4, -0.2) is 31.6 Å². The first kappa shape index (κ1) is 20.1. The maximum absolute atomic E-state index is 12.5. The monoisotopic (exact) mass is 353 g/mol. The van der Waals surface area contributed by atoms with Gasteiger partial charge < -0.3 is 16.4 Å². The summed E-state index contributed by atoms with van der Waals surface area (Å²) in [5.41, 5.74) is 8.21. The van der Waals surface area contributed by atoms with E-state index in [-0.39, 0.29) is 11.9 Å². The fourth-order valence-corrected chi connectivity index (χ4v) is 2.96. The zero-order valence-electron chi connectivity index (χ0n) is 15.5. The summed E-state index contributed by atoms with van der Waals surface area (Å²) in [5.74, 6) is 0.0829. The predicted molar refractivity (Wildman–Crippen MR) is 108 cm³/mol. The van der Waals surface area contributed by atoms with Gasteiger partial charge >= 0.3 is 0 Å². The lowest BCUT2D eigenvalue weighted by molar-refractivity contribution is -0.123. The largest absolute Gasteiger partial charge is 0.355 e. The molecule has 0 aliphatic carbocycles. The number of hydrogen-bond acceptors (Lipinski definition) is 3.